The minimum absolute atomic E-state index is 0.228. The summed E-state index contributed by atoms with van der Waals surface area (Å²) in [5.74, 6) is 2.40. The van der Waals surface area contributed by atoms with E-state index in [0.717, 1.165) is 68.3 Å². The van der Waals surface area contributed by atoms with Gasteiger partial charge in [-0.05, 0) is 104 Å². The van der Waals surface area contributed by atoms with Gasteiger partial charge in [0.25, 0.3) is 0 Å². The third-order valence-electron chi connectivity index (χ3n) is 8.91. The zero-order valence-electron chi connectivity index (χ0n) is 19.3. The van der Waals surface area contributed by atoms with Crippen molar-refractivity contribution in [2.75, 3.05) is 0 Å². The average Bonchev–Trinajstić information content (AvgIpc) is 2.78. The molecular weight excluding hydrogens is 374 g/mol. The average molecular weight is 417 g/mol. The van der Waals surface area contributed by atoms with Crippen LogP contribution in [0.4, 0.5) is 8.78 Å². The minimum Gasteiger partial charge on any atom is -0.203 e. The highest BCUT2D eigenvalue weighted by molar-refractivity contribution is 5.38. The van der Waals surface area contributed by atoms with Gasteiger partial charge in [-0.3, -0.25) is 0 Å². The molecule has 1 unspecified atom stereocenters. The number of halogens is 2. The van der Waals surface area contributed by atoms with E-state index in [9.17, 15) is 0 Å². The van der Waals surface area contributed by atoms with Gasteiger partial charge in [0.1, 0.15) is 0 Å². The summed E-state index contributed by atoms with van der Waals surface area (Å²) in [5.41, 5.74) is 2.50. The lowest BCUT2D eigenvalue weighted by Gasteiger charge is -2.38. The number of rotatable bonds is 6. The van der Waals surface area contributed by atoms with Crippen LogP contribution in [0.5, 0.6) is 0 Å². The predicted molar refractivity (Wildman–Crippen MR) is 122 cm³/mol. The molecule has 168 valence electrons. The maximum Gasteiger partial charge on any atom is 0.162 e. The van der Waals surface area contributed by atoms with Crippen molar-refractivity contribution in [3.63, 3.8) is 0 Å². The van der Waals surface area contributed by atoms with Crippen molar-refractivity contribution < 1.29 is 8.78 Å². The van der Waals surface area contributed by atoms with Crippen molar-refractivity contribution in [1.29, 1.82) is 0 Å². The van der Waals surface area contributed by atoms with Crippen LogP contribution >= 0.6 is 0 Å². The molecule has 1 aromatic carbocycles. The van der Waals surface area contributed by atoms with Crippen LogP contribution in [0.2, 0.25) is 0 Å². The molecule has 0 aromatic heterocycles. The summed E-state index contributed by atoms with van der Waals surface area (Å²) >= 11 is 0. The highest BCUT2D eigenvalue weighted by atomic mass is 19.2. The van der Waals surface area contributed by atoms with Crippen LogP contribution in [0.3, 0.4) is 0 Å². The molecule has 4 rings (SSSR count). The van der Waals surface area contributed by atoms with E-state index in [4.69, 9.17) is 0 Å². The molecule has 3 aliphatic rings. The largest absolute Gasteiger partial charge is 0.203 e. The van der Waals surface area contributed by atoms with Gasteiger partial charge >= 0.3 is 0 Å². The van der Waals surface area contributed by atoms with Crippen molar-refractivity contribution in [1.82, 2.24) is 0 Å². The van der Waals surface area contributed by atoms with Gasteiger partial charge in [0.05, 0.1) is 0 Å². The zero-order chi connectivity index (χ0) is 21.1. The second-order valence-electron chi connectivity index (χ2n) is 10.8. The van der Waals surface area contributed by atoms with Gasteiger partial charge in [0, 0.05) is 0 Å². The Labute approximate surface area is 183 Å². The maximum atomic E-state index is 15.1. The van der Waals surface area contributed by atoms with Gasteiger partial charge in [-0.15, -0.1) is 0 Å². The maximum absolute atomic E-state index is 15.1. The van der Waals surface area contributed by atoms with E-state index in [1.54, 1.807) is 0 Å². The Balaban J connectivity index is 1.38. The topological polar surface area (TPSA) is 0 Å². The molecule has 0 N–H and O–H groups in total. The summed E-state index contributed by atoms with van der Waals surface area (Å²) in [4.78, 5) is 0. The highest BCUT2D eigenvalue weighted by Gasteiger charge is 2.33. The number of fused-ring (bicyclic) bond motifs is 1. The second-order valence-corrected chi connectivity index (χ2v) is 10.8. The Morgan fingerprint density at radius 2 is 1.33 bits per heavy atom. The van der Waals surface area contributed by atoms with E-state index in [0.29, 0.717) is 17.0 Å². The molecule has 1 aromatic rings. The first-order valence-corrected chi connectivity index (χ1v) is 13.1. The molecule has 0 spiro atoms. The lowest BCUT2D eigenvalue weighted by Crippen LogP contribution is -2.26. The van der Waals surface area contributed by atoms with Crippen LogP contribution in [0.15, 0.2) is 6.07 Å². The molecular formula is C28H42F2. The molecule has 0 nitrogen and oxygen atoms in total. The summed E-state index contributed by atoms with van der Waals surface area (Å²) in [7, 11) is 0. The van der Waals surface area contributed by atoms with Gasteiger partial charge in [0.2, 0.25) is 0 Å². The molecule has 0 heterocycles. The number of benzene rings is 1. The molecule has 2 heteroatoms. The van der Waals surface area contributed by atoms with Crippen LogP contribution in [0, 0.1) is 35.3 Å². The lowest BCUT2D eigenvalue weighted by molar-refractivity contribution is 0.156. The van der Waals surface area contributed by atoms with E-state index in [1.807, 2.05) is 0 Å². The number of hydrogen-bond acceptors (Lipinski definition) is 0. The standard InChI is InChI=1S/C28H42F2/c1-3-5-19-7-10-21(11-8-19)22-13-15-23(16-14-22)26-18-24-12-9-20(6-4-2)17-25(24)27(29)28(26)30/h18-23H,3-17H2,1-2H3. The second kappa shape index (κ2) is 10.1. The van der Waals surface area contributed by atoms with E-state index in [-0.39, 0.29) is 5.92 Å². The Bertz CT molecular complexity index is 693. The molecule has 2 fully saturated rings. The molecule has 1 atom stereocenters. The Hall–Kier alpha value is -0.920. The van der Waals surface area contributed by atoms with Crippen molar-refractivity contribution in [3.05, 3.63) is 34.4 Å². The summed E-state index contributed by atoms with van der Waals surface area (Å²) in [6.07, 6.45) is 18.0. The predicted octanol–water partition coefficient (Wildman–Crippen LogP) is 8.75. The van der Waals surface area contributed by atoms with Crippen LogP contribution in [-0.4, -0.2) is 0 Å². The zero-order valence-corrected chi connectivity index (χ0v) is 19.3. The summed E-state index contributed by atoms with van der Waals surface area (Å²) < 4.78 is 30.1. The van der Waals surface area contributed by atoms with Crippen molar-refractivity contribution in [2.24, 2.45) is 23.7 Å². The minimum atomic E-state index is -0.519. The molecule has 30 heavy (non-hydrogen) atoms. The van der Waals surface area contributed by atoms with Gasteiger partial charge in [-0.1, -0.05) is 58.4 Å². The van der Waals surface area contributed by atoms with Crippen LogP contribution in [0.25, 0.3) is 0 Å². The Morgan fingerprint density at radius 1 is 0.733 bits per heavy atom. The molecule has 2 saturated carbocycles. The molecule has 0 aliphatic heterocycles. The van der Waals surface area contributed by atoms with Gasteiger partial charge in [-0.25, -0.2) is 8.78 Å². The van der Waals surface area contributed by atoms with Gasteiger partial charge in [-0.2, -0.15) is 0 Å². The molecule has 3 aliphatic carbocycles. The highest BCUT2D eigenvalue weighted by Crippen LogP contribution is 2.46. The quantitative estimate of drug-likeness (QED) is 0.435. The SMILES string of the molecule is CCCC1CCC(C2CCC(c3cc4c(c(F)c3F)CC(CCC)CC4)CC2)CC1. The third-order valence-corrected chi connectivity index (χ3v) is 8.91. The van der Waals surface area contributed by atoms with Crippen LogP contribution < -0.4 is 0 Å². The first-order valence-electron chi connectivity index (χ1n) is 13.1. The molecule has 0 bridgehead atoms. The summed E-state index contributed by atoms with van der Waals surface area (Å²) in [6.45, 7) is 4.49. The third kappa shape index (κ3) is 4.78. The fourth-order valence-electron chi connectivity index (χ4n) is 7.14. The Morgan fingerprint density at radius 3 is 1.97 bits per heavy atom. The normalized spacial score (nSPS) is 32.1. The van der Waals surface area contributed by atoms with Crippen molar-refractivity contribution >= 4 is 0 Å². The van der Waals surface area contributed by atoms with Gasteiger partial charge in [0.15, 0.2) is 11.6 Å². The summed E-state index contributed by atoms with van der Waals surface area (Å²) in [5, 5.41) is 0. The number of hydrogen-bond donors (Lipinski definition) is 0. The van der Waals surface area contributed by atoms with Crippen molar-refractivity contribution in [3.8, 4) is 0 Å². The summed E-state index contributed by atoms with van der Waals surface area (Å²) in [6, 6.07) is 2.07. The van der Waals surface area contributed by atoms with Crippen LogP contribution in [-0.2, 0) is 12.8 Å². The first kappa shape index (κ1) is 22.3. The van der Waals surface area contributed by atoms with Crippen LogP contribution in [0.1, 0.15) is 120 Å². The smallest absolute Gasteiger partial charge is 0.162 e. The van der Waals surface area contributed by atoms with Gasteiger partial charge < -0.3 is 0 Å². The van der Waals surface area contributed by atoms with Crippen molar-refractivity contribution in [2.45, 2.75) is 116 Å². The fraction of sp³-hybridized carbons (Fsp3) is 0.786. The van der Waals surface area contributed by atoms with E-state index in [1.165, 1.54) is 51.4 Å². The van der Waals surface area contributed by atoms with E-state index < -0.39 is 11.6 Å². The first-order chi connectivity index (χ1) is 14.6. The molecule has 0 amide bonds. The molecule has 0 radical (unpaired) electrons. The molecule has 0 saturated heterocycles. The van der Waals surface area contributed by atoms with E-state index in [2.05, 4.69) is 19.9 Å². The number of aryl methyl sites for hydroxylation is 1. The van der Waals surface area contributed by atoms with E-state index >= 15 is 8.78 Å². The lowest BCUT2D eigenvalue weighted by atomic mass is 9.67. The fourth-order valence-corrected chi connectivity index (χ4v) is 7.14. The Kier molecular flexibility index (Phi) is 7.53. The monoisotopic (exact) mass is 416 g/mol.